The molecular formula is C17H19N3O. The summed E-state index contributed by atoms with van der Waals surface area (Å²) in [5.41, 5.74) is 6.92. The van der Waals surface area contributed by atoms with Crippen LogP contribution < -0.4 is 5.73 Å². The fourth-order valence-corrected chi connectivity index (χ4v) is 3.27. The van der Waals surface area contributed by atoms with Crippen molar-refractivity contribution >= 4 is 11.0 Å². The van der Waals surface area contributed by atoms with Gasteiger partial charge >= 0.3 is 0 Å². The molecule has 1 aliphatic carbocycles. The lowest BCUT2D eigenvalue weighted by Crippen LogP contribution is -2.27. The summed E-state index contributed by atoms with van der Waals surface area (Å²) in [6.45, 7) is 0. The molecule has 0 atom stereocenters. The molecule has 0 unspecified atom stereocenters. The molecule has 0 spiro atoms. The van der Waals surface area contributed by atoms with Crippen molar-refractivity contribution in [3.8, 4) is 11.6 Å². The van der Waals surface area contributed by atoms with Gasteiger partial charge in [-0.2, -0.15) is 0 Å². The molecule has 1 saturated carbocycles. The second-order valence-corrected chi connectivity index (χ2v) is 5.88. The highest BCUT2D eigenvalue weighted by molar-refractivity contribution is 5.81. The molecule has 1 aromatic carbocycles. The first-order valence-electron chi connectivity index (χ1n) is 7.58. The zero-order chi connectivity index (χ0) is 14.2. The molecule has 1 aliphatic rings. The van der Waals surface area contributed by atoms with Crippen LogP contribution in [0, 0.1) is 0 Å². The second kappa shape index (κ2) is 5.04. The normalized spacial score (nSPS) is 22.7. The first-order valence-corrected chi connectivity index (χ1v) is 7.58. The van der Waals surface area contributed by atoms with E-state index in [2.05, 4.69) is 27.9 Å². The van der Waals surface area contributed by atoms with Crippen LogP contribution in [0.15, 0.2) is 47.1 Å². The molecule has 0 bridgehead atoms. The van der Waals surface area contributed by atoms with Crippen LogP contribution in [0.25, 0.3) is 22.6 Å². The minimum Gasteiger partial charge on any atom is -0.453 e. The van der Waals surface area contributed by atoms with Crippen LogP contribution in [0.5, 0.6) is 0 Å². The lowest BCUT2D eigenvalue weighted by atomic mass is 9.91. The molecule has 0 saturated heterocycles. The maximum atomic E-state index is 6.01. The van der Waals surface area contributed by atoms with Gasteiger partial charge < -0.3 is 14.7 Å². The van der Waals surface area contributed by atoms with E-state index in [1.165, 1.54) is 0 Å². The largest absolute Gasteiger partial charge is 0.453 e. The molecule has 108 valence electrons. The van der Waals surface area contributed by atoms with Gasteiger partial charge in [-0.25, -0.2) is 4.98 Å². The highest BCUT2D eigenvalue weighted by atomic mass is 16.3. The van der Waals surface area contributed by atoms with Gasteiger partial charge in [-0.3, -0.25) is 0 Å². The average molecular weight is 281 g/mol. The lowest BCUT2D eigenvalue weighted by molar-refractivity contribution is 0.324. The van der Waals surface area contributed by atoms with Crippen LogP contribution in [-0.2, 0) is 0 Å². The van der Waals surface area contributed by atoms with Crippen LogP contribution in [-0.4, -0.2) is 15.6 Å². The van der Waals surface area contributed by atoms with E-state index >= 15 is 0 Å². The number of benzene rings is 1. The monoisotopic (exact) mass is 281 g/mol. The highest BCUT2D eigenvalue weighted by Gasteiger charge is 2.23. The Morgan fingerprint density at radius 3 is 2.76 bits per heavy atom. The average Bonchev–Trinajstić information content (AvgIpc) is 3.14. The Labute approximate surface area is 123 Å². The van der Waals surface area contributed by atoms with Gasteiger partial charge in [0.2, 0.25) is 0 Å². The van der Waals surface area contributed by atoms with E-state index < -0.39 is 0 Å². The van der Waals surface area contributed by atoms with Gasteiger partial charge in [0.15, 0.2) is 11.6 Å². The van der Waals surface area contributed by atoms with Gasteiger partial charge in [-0.1, -0.05) is 18.2 Å². The number of furan rings is 1. The summed E-state index contributed by atoms with van der Waals surface area (Å²) in [7, 11) is 0. The van der Waals surface area contributed by atoms with Crippen LogP contribution in [0.1, 0.15) is 31.7 Å². The van der Waals surface area contributed by atoms with E-state index in [-0.39, 0.29) is 0 Å². The summed E-state index contributed by atoms with van der Waals surface area (Å²) >= 11 is 0. The van der Waals surface area contributed by atoms with Gasteiger partial charge in [0.1, 0.15) is 5.58 Å². The number of rotatable bonds is 2. The number of nitrogens with two attached hydrogens (primary N) is 1. The number of hydrogen-bond donors (Lipinski definition) is 1. The van der Waals surface area contributed by atoms with Crippen molar-refractivity contribution < 1.29 is 4.42 Å². The zero-order valence-electron chi connectivity index (χ0n) is 11.9. The van der Waals surface area contributed by atoms with E-state index in [4.69, 9.17) is 10.2 Å². The van der Waals surface area contributed by atoms with Gasteiger partial charge in [-0.05, 0) is 37.8 Å². The Balaban J connectivity index is 1.71. The summed E-state index contributed by atoms with van der Waals surface area (Å²) < 4.78 is 8.21. The first kappa shape index (κ1) is 12.7. The maximum absolute atomic E-state index is 6.01. The van der Waals surface area contributed by atoms with E-state index in [1.54, 1.807) is 0 Å². The fourth-order valence-electron chi connectivity index (χ4n) is 3.27. The Hall–Kier alpha value is -2.07. The molecule has 4 rings (SSSR count). The van der Waals surface area contributed by atoms with E-state index in [0.29, 0.717) is 12.1 Å². The third kappa shape index (κ3) is 2.25. The summed E-state index contributed by atoms with van der Waals surface area (Å²) in [4.78, 5) is 4.51. The SMILES string of the molecule is NC1CCC(n2ccnc2-c2cc3ccccc3o2)CC1. The number of hydrogen-bond acceptors (Lipinski definition) is 3. The van der Waals surface area contributed by atoms with E-state index in [1.807, 2.05) is 24.4 Å². The topological polar surface area (TPSA) is 57.0 Å². The van der Waals surface area contributed by atoms with Gasteiger partial charge in [-0.15, -0.1) is 0 Å². The van der Waals surface area contributed by atoms with Crippen molar-refractivity contribution in [1.29, 1.82) is 0 Å². The minimum atomic E-state index is 0.361. The quantitative estimate of drug-likeness (QED) is 0.778. The van der Waals surface area contributed by atoms with Crippen LogP contribution >= 0.6 is 0 Å². The molecule has 3 aromatic rings. The standard InChI is InChI=1S/C17H19N3O/c18-13-5-7-14(8-6-13)20-10-9-19-17(20)16-11-12-3-1-2-4-15(12)21-16/h1-4,9-11,13-14H,5-8,18H2. The van der Waals surface area contributed by atoms with Crippen molar-refractivity contribution in [1.82, 2.24) is 9.55 Å². The Morgan fingerprint density at radius 2 is 1.95 bits per heavy atom. The van der Waals surface area contributed by atoms with Crippen LogP contribution in [0.3, 0.4) is 0 Å². The Morgan fingerprint density at radius 1 is 1.14 bits per heavy atom. The predicted octanol–water partition coefficient (Wildman–Crippen LogP) is 3.74. The van der Waals surface area contributed by atoms with E-state index in [9.17, 15) is 0 Å². The second-order valence-electron chi connectivity index (χ2n) is 5.88. The number of fused-ring (bicyclic) bond motifs is 1. The van der Waals surface area contributed by atoms with E-state index in [0.717, 1.165) is 48.2 Å². The van der Waals surface area contributed by atoms with Crippen LogP contribution in [0.4, 0.5) is 0 Å². The first-order chi connectivity index (χ1) is 10.3. The summed E-state index contributed by atoms with van der Waals surface area (Å²) in [5.74, 6) is 1.77. The molecule has 2 heterocycles. The summed E-state index contributed by atoms with van der Waals surface area (Å²) in [6, 6.07) is 11.0. The number of nitrogens with zero attached hydrogens (tertiary/aromatic N) is 2. The Bertz CT molecular complexity index is 717. The number of aromatic nitrogens is 2. The van der Waals surface area contributed by atoms with Gasteiger partial charge in [0.05, 0.1) is 0 Å². The van der Waals surface area contributed by atoms with Crippen molar-refractivity contribution in [3.63, 3.8) is 0 Å². The molecule has 0 radical (unpaired) electrons. The molecule has 0 amide bonds. The molecule has 21 heavy (non-hydrogen) atoms. The Kier molecular flexibility index (Phi) is 3.04. The summed E-state index contributed by atoms with van der Waals surface area (Å²) in [5, 5.41) is 1.12. The minimum absolute atomic E-state index is 0.361. The van der Waals surface area contributed by atoms with Crippen molar-refractivity contribution in [2.24, 2.45) is 5.73 Å². The summed E-state index contributed by atoms with van der Waals surface area (Å²) in [6.07, 6.45) is 8.32. The van der Waals surface area contributed by atoms with Crippen molar-refractivity contribution in [2.45, 2.75) is 37.8 Å². The third-order valence-corrected chi connectivity index (χ3v) is 4.45. The number of para-hydroxylation sites is 1. The zero-order valence-corrected chi connectivity index (χ0v) is 11.9. The van der Waals surface area contributed by atoms with Crippen LogP contribution in [0.2, 0.25) is 0 Å². The third-order valence-electron chi connectivity index (χ3n) is 4.45. The van der Waals surface area contributed by atoms with Crippen molar-refractivity contribution in [3.05, 3.63) is 42.7 Å². The predicted molar refractivity (Wildman–Crippen MR) is 82.9 cm³/mol. The molecular weight excluding hydrogens is 262 g/mol. The highest BCUT2D eigenvalue weighted by Crippen LogP contribution is 2.33. The van der Waals surface area contributed by atoms with Gasteiger partial charge in [0, 0.05) is 29.9 Å². The van der Waals surface area contributed by atoms with Gasteiger partial charge in [0.25, 0.3) is 0 Å². The molecule has 2 N–H and O–H groups in total. The fraction of sp³-hybridized carbons (Fsp3) is 0.353. The molecule has 4 heteroatoms. The lowest BCUT2D eigenvalue weighted by Gasteiger charge is -2.27. The molecule has 0 aliphatic heterocycles. The number of imidazole rings is 1. The molecule has 4 nitrogen and oxygen atoms in total. The maximum Gasteiger partial charge on any atom is 0.176 e. The molecule has 2 aromatic heterocycles. The van der Waals surface area contributed by atoms with Crippen molar-refractivity contribution in [2.75, 3.05) is 0 Å². The smallest absolute Gasteiger partial charge is 0.176 e. The molecule has 1 fully saturated rings.